The van der Waals surface area contributed by atoms with Crippen molar-refractivity contribution in [2.75, 3.05) is 33.0 Å². The summed E-state index contributed by atoms with van der Waals surface area (Å²) in [5.41, 5.74) is 3.45. The Morgan fingerprint density at radius 3 is 1.78 bits per heavy atom. The summed E-state index contributed by atoms with van der Waals surface area (Å²) < 4.78 is 28.5. The van der Waals surface area contributed by atoms with Gasteiger partial charge in [0.15, 0.2) is 23.0 Å². The molecule has 0 saturated heterocycles. The molecule has 194 valence electrons. The lowest BCUT2D eigenvalue weighted by molar-refractivity contribution is 0.0482. The Kier molecular flexibility index (Phi) is 6.84. The number of hydrogen-bond acceptors (Lipinski definition) is 7. The highest BCUT2D eigenvalue weighted by Crippen LogP contribution is 2.42. The first-order valence-corrected chi connectivity index (χ1v) is 12.4. The molecule has 1 amide bonds. The van der Waals surface area contributed by atoms with Gasteiger partial charge in [-0.1, -0.05) is 30.3 Å². The lowest BCUT2D eigenvalue weighted by atomic mass is 9.87. The van der Waals surface area contributed by atoms with E-state index in [4.69, 9.17) is 23.7 Å². The Bertz CT molecular complexity index is 1220. The molecule has 8 heteroatoms. The molecule has 0 spiro atoms. The van der Waals surface area contributed by atoms with Crippen molar-refractivity contribution in [2.24, 2.45) is 0 Å². The molecule has 5 rings (SSSR count). The Balaban J connectivity index is 1.63. The molecule has 0 saturated carbocycles. The molecule has 2 aliphatic heterocycles. The molecule has 2 aliphatic rings. The van der Waals surface area contributed by atoms with Gasteiger partial charge in [-0.25, -0.2) is 4.79 Å². The predicted octanol–water partition coefficient (Wildman–Crippen LogP) is 5.12. The molecule has 0 fully saturated rings. The second-order valence-electron chi connectivity index (χ2n) is 9.87. The summed E-state index contributed by atoms with van der Waals surface area (Å²) in [7, 11) is 0. The Labute approximate surface area is 216 Å². The van der Waals surface area contributed by atoms with E-state index in [-0.39, 0.29) is 6.61 Å². The number of aliphatic hydroxyl groups excluding tert-OH is 1. The van der Waals surface area contributed by atoms with Crippen LogP contribution in [0.25, 0.3) is 22.3 Å². The summed E-state index contributed by atoms with van der Waals surface area (Å²) in [4.78, 5) is 12.8. The van der Waals surface area contributed by atoms with Gasteiger partial charge in [-0.3, -0.25) is 0 Å². The van der Waals surface area contributed by atoms with Crippen LogP contribution in [0, 0.1) is 0 Å². The second-order valence-corrected chi connectivity index (χ2v) is 9.87. The number of carbonyl (C=O) groups is 1. The molecule has 0 aromatic heterocycles. The average Bonchev–Trinajstić information content (AvgIpc) is 2.90. The first-order valence-electron chi connectivity index (χ1n) is 12.4. The number of hydrogen-bond donors (Lipinski definition) is 2. The number of fused-ring (bicyclic) bond motifs is 2. The standard InChI is InChI=1S/C29H31NO7/c1-29(2,3)37-28(32)30-22(17-31)27-20(18-7-9-23-25(15-18)35-13-11-33-23)5-4-6-21(27)19-8-10-24-26(16-19)36-14-12-34-24/h4-10,15-16,22,31H,11-14,17H2,1-3H3,(H,30,32). The molecule has 1 atom stereocenters. The highest BCUT2D eigenvalue weighted by atomic mass is 16.6. The van der Waals surface area contributed by atoms with Gasteiger partial charge in [0.1, 0.15) is 32.0 Å². The average molecular weight is 506 g/mol. The normalized spacial score (nSPS) is 15.0. The fourth-order valence-corrected chi connectivity index (χ4v) is 4.52. The largest absolute Gasteiger partial charge is 0.486 e. The zero-order valence-electron chi connectivity index (χ0n) is 21.2. The number of amides is 1. The fraction of sp³-hybridized carbons (Fsp3) is 0.345. The smallest absolute Gasteiger partial charge is 0.408 e. The number of carbonyl (C=O) groups excluding carboxylic acids is 1. The van der Waals surface area contributed by atoms with Crippen LogP contribution in [-0.4, -0.2) is 49.8 Å². The number of alkyl carbamates (subject to hydrolysis) is 1. The number of aliphatic hydroxyl groups is 1. The molecule has 0 radical (unpaired) electrons. The topological polar surface area (TPSA) is 95.5 Å². The van der Waals surface area contributed by atoms with Crippen molar-refractivity contribution in [3.8, 4) is 45.3 Å². The van der Waals surface area contributed by atoms with Gasteiger partial charge < -0.3 is 34.1 Å². The first kappa shape index (κ1) is 24.8. The van der Waals surface area contributed by atoms with E-state index < -0.39 is 17.7 Å². The molecule has 8 nitrogen and oxygen atoms in total. The molecule has 1 unspecified atom stereocenters. The van der Waals surface area contributed by atoms with Gasteiger partial charge in [-0.05, 0) is 72.9 Å². The molecule has 2 heterocycles. The molecule has 0 aliphatic carbocycles. The number of benzene rings is 3. The zero-order valence-corrected chi connectivity index (χ0v) is 21.2. The third kappa shape index (κ3) is 5.44. The minimum absolute atomic E-state index is 0.335. The van der Waals surface area contributed by atoms with Crippen molar-refractivity contribution >= 4 is 6.09 Å². The minimum atomic E-state index is -0.748. The Morgan fingerprint density at radius 2 is 1.32 bits per heavy atom. The third-order valence-corrected chi connectivity index (χ3v) is 6.03. The Hall–Kier alpha value is -3.91. The highest BCUT2D eigenvalue weighted by Gasteiger charge is 2.26. The molecule has 37 heavy (non-hydrogen) atoms. The zero-order chi connectivity index (χ0) is 26.0. The van der Waals surface area contributed by atoms with Crippen molar-refractivity contribution in [1.29, 1.82) is 0 Å². The van der Waals surface area contributed by atoms with Crippen molar-refractivity contribution in [3.63, 3.8) is 0 Å². The molecule has 3 aromatic carbocycles. The van der Waals surface area contributed by atoms with E-state index in [9.17, 15) is 9.90 Å². The molecule has 0 bridgehead atoms. The summed E-state index contributed by atoms with van der Waals surface area (Å²) in [6.45, 7) is 7.00. The quantitative estimate of drug-likeness (QED) is 0.497. The van der Waals surface area contributed by atoms with Gasteiger partial charge in [0.05, 0.1) is 12.6 Å². The Morgan fingerprint density at radius 1 is 0.838 bits per heavy atom. The summed E-state index contributed by atoms with van der Waals surface area (Å²) in [5, 5.41) is 13.4. The summed E-state index contributed by atoms with van der Waals surface area (Å²) in [6, 6.07) is 16.6. The van der Waals surface area contributed by atoms with E-state index in [0.717, 1.165) is 27.8 Å². The van der Waals surface area contributed by atoms with Gasteiger partial charge in [-0.15, -0.1) is 0 Å². The highest BCUT2D eigenvalue weighted by molar-refractivity contribution is 5.82. The monoisotopic (exact) mass is 505 g/mol. The maximum atomic E-state index is 12.8. The lowest BCUT2D eigenvalue weighted by Crippen LogP contribution is -2.36. The van der Waals surface area contributed by atoms with Crippen molar-refractivity contribution in [2.45, 2.75) is 32.4 Å². The van der Waals surface area contributed by atoms with Gasteiger partial charge in [-0.2, -0.15) is 0 Å². The van der Waals surface area contributed by atoms with E-state index in [1.165, 1.54) is 0 Å². The van der Waals surface area contributed by atoms with Crippen LogP contribution in [0.2, 0.25) is 0 Å². The number of rotatable bonds is 5. The van der Waals surface area contributed by atoms with Crippen LogP contribution in [0.5, 0.6) is 23.0 Å². The van der Waals surface area contributed by atoms with E-state index in [1.54, 1.807) is 20.8 Å². The lowest BCUT2D eigenvalue weighted by Gasteiger charge is -2.27. The minimum Gasteiger partial charge on any atom is -0.486 e. The van der Waals surface area contributed by atoms with Crippen molar-refractivity contribution in [3.05, 3.63) is 60.2 Å². The SMILES string of the molecule is CC(C)(C)OC(=O)NC(CO)c1c(-c2ccc3c(c2)OCCO3)cccc1-c1ccc2c(c1)OCCO2. The predicted molar refractivity (Wildman–Crippen MR) is 138 cm³/mol. The second kappa shape index (κ2) is 10.2. The van der Waals surface area contributed by atoms with Crippen LogP contribution in [0.4, 0.5) is 4.79 Å². The van der Waals surface area contributed by atoms with Gasteiger partial charge in [0.25, 0.3) is 0 Å². The first-order chi connectivity index (χ1) is 17.8. The van der Waals surface area contributed by atoms with Crippen LogP contribution in [0.1, 0.15) is 32.4 Å². The molecule has 3 aromatic rings. The molecule has 2 N–H and O–H groups in total. The van der Waals surface area contributed by atoms with Gasteiger partial charge >= 0.3 is 6.09 Å². The third-order valence-electron chi connectivity index (χ3n) is 6.03. The van der Waals surface area contributed by atoms with Crippen LogP contribution in [-0.2, 0) is 4.74 Å². The van der Waals surface area contributed by atoms with Crippen molar-refractivity contribution < 1.29 is 33.6 Å². The van der Waals surface area contributed by atoms with E-state index in [0.29, 0.717) is 49.4 Å². The summed E-state index contributed by atoms with van der Waals surface area (Å²) in [6.07, 6.45) is -0.614. The van der Waals surface area contributed by atoms with Crippen LogP contribution in [0.3, 0.4) is 0 Å². The van der Waals surface area contributed by atoms with Crippen LogP contribution >= 0.6 is 0 Å². The van der Waals surface area contributed by atoms with Crippen LogP contribution < -0.4 is 24.3 Å². The number of nitrogens with one attached hydrogen (secondary N) is 1. The maximum absolute atomic E-state index is 12.8. The van der Waals surface area contributed by atoms with E-state index >= 15 is 0 Å². The van der Waals surface area contributed by atoms with E-state index in [1.807, 2.05) is 54.6 Å². The van der Waals surface area contributed by atoms with Gasteiger partial charge in [0, 0.05) is 0 Å². The summed E-state index contributed by atoms with van der Waals surface area (Å²) >= 11 is 0. The molecular formula is C29H31NO7. The van der Waals surface area contributed by atoms with Crippen molar-refractivity contribution in [1.82, 2.24) is 5.32 Å². The maximum Gasteiger partial charge on any atom is 0.408 e. The van der Waals surface area contributed by atoms with Gasteiger partial charge in [0.2, 0.25) is 0 Å². The fourth-order valence-electron chi connectivity index (χ4n) is 4.52. The molecular weight excluding hydrogens is 474 g/mol. The summed E-state index contributed by atoms with van der Waals surface area (Å²) in [5.74, 6) is 2.68. The number of ether oxygens (including phenoxy) is 5. The van der Waals surface area contributed by atoms with E-state index in [2.05, 4.69) is 5.32 Å². The van der Waals surface area contributed by atoms with Crippen LogP contribution in [0.15, 0.2) is 54.6 Å².